The van der Waals surface area contributed by atoms with Crippen LogP contribution in [-0.4, -0.2) is 39.1 Å². The van der Waals surface area contributed by atoms with Gasteiger partial charge in [-0.2, -0.15) is 0 Å². The largest absolute Gasteiger partial charge is 0.489 e. The van der Waals surface area contributed by atoms with Gasteiger partial charge in [0.15, 0.2) is 0 Å². The molecular weight excluding hydrogens is 488 g/mol. The van der Waals surface area contributed by atoms with Crippen LogP contribution in [0.2, 0.25) is 0 Å². The minimum absolute atomic E-state index is 0. The van der Waals surface area contributed by atoms with Crippen molar-refractivity contribution in [1.82, 2.24) is 19.4 Å². The maximum atomic E-state index is 13.0. The minimum Gasteiger partial charge on any atom is -0.489 e. The molecule has 0 bridgehead atoms. The maximum absolute atomic E-state index is 13.0. The van der Waals surface area contributed by atoms with Crippen molar-refractivity contribution in [3.05, 3.63) is 94.0 Å². The summed E-state index contributed by atoms with van der Waals surface area (Å²) in [4.78, 5) is 27.9. The number of hydrogen-bond acceptors (Lipinski definition) is 4. The third-order valence-electron chi connectivity index (χ3n) is 7.48. The van der Waals surface area contributed by atoms with E-state index in [1.165, 1.54) is 22.7 Å². The van der Waals surface area contributed by atoms with Gasteiger partial charge in [-0.1, -0.05) is 36.4 Å². The topological polar surface area (TPSA) is 68.5 Å². The van der Waals surface area contributed by atoms with Crippen LogP contribution >= 0.6 is 12.4 Å². The number of ether oxygens (including phenoxy) is 1. The van der Waals surface area contributed by atoms with Gasteiger partial charge in [0, 0.05) is 36.9 Å². The first-order chi connectivity index (χ1) is 17.6. The van der Waals surface area contributed by atoms with Gasteiger partial charge in [-0.05, 0) is 55.1 Å². The van der Waals surface area contributed by atoms with Crippen LogP contribution in [0.1, 0.15) is 29.7 Å². The Hall–Kier alpha value is -3.55. The second-order valence-corrected chi connectivity index (χ2v) is 9.69. The third-order valence-corrected chi connectivity index (χ3v) is 7.48. The number of nitrogens with zero attached hydrogens (tertiary/aromatic N) is 3. The number of nitrogens with one attached hydrogen (secondary N) is 1. The van der Waals surface area contributed by atoms with Crippen molar-refractivity contribution < 1.29 is 9.53 Å². The summed E-state index contributed by atoms with van der Waals surface area (Å²) in [6.45, 7) is 2.71. The Morgan fingerprint density at radius 3 is 2.70 bits per heavy atom. The van der Waals surface area contributed by atoms with Crippen LogP contribution in [0.25, 0.3) is 16.6 Å². The molecule has 1 amide bonds. The van der Waals surface area contributed by atoms with E-state index in [1.54, 1.807) is 10.8 Å². The number of rotatable bonds is 5. The summed E-state index contributed by atoms with van der Waals surface area (Å²) in [5.41, 5.74) is 5.28. The van der Waals surface area contributed by atoms with Gasteiger partial charge in [0.2, 0.25) is 5.91 Å². The number of aryl methyl sites for hydroxylation is 1. The highest BCUT2D eigenvalue weighted by molar-refractivity contribution is 5.88. The van der Waals surface area contributed by atoms with E-state index in [0.29, 0.717) is 18.9 Å². The van der Waals surface area contributed by atoms with Gasteiger partial charge in [-0.15, -0.1) is 12.4 Å². The van der Waals surface area contributed by atoms with Crippen LogP contribution < -0.4 is 15.6 Å². The first kappa shape index (κ1) is 25.1. The van der Waals surface area contributed by atoms with E-state index in [0.717, 1.165) is 49.1 Å². The summed E-state index contributed by atoms with van der Waals surface area (Å²) in [5.74, 6) is 0.766. The third kappa shape index (κ3) is 4.77. The van der Waals surface area contributed by atoms with Gasteiger partial charge in [0.05, 0.1) is 23.8 Å². The van der Waals surface area contributed by atoms with Crippen LogP contribution in [0.15, 0.2) is 71.7 Å². The average Bonchev–Trinajstić information content (AvgIpc) is 3.55. The lowest BCUT2D eigenvalue weighted by Crippen LogP contribution is -2.45. The first-order valence-electron chi connectivity index (χ1n) is 12.6. The molecule has 192 valence electrons. The fourth-order valence-electron chi connectivity index (χ4n) is 5.50. The van der Waals surface area contributed by atoms with Crippen molar-refractivity contribution >= 4 is 29.2 Å². The van der Waals surface area contributed by atoms with Crippen molar-refractivity contribution in [2.75, 3.05) is 13.1 Å². The van der Waals surface area contributed by atoms with E-state index in [4.69, 9.17) is 4.74 Å². The molecule has 1 N–H and O–H groups in total. The van der Waals surface area contributed by atoms with E-state index in [-0.39, 0.29) is 29.9 Å². The van der Waals surface area contributed by atoms with Crippen LogP contribution in [0.4, 0.5) is 0 Å². The number of amides is 1. The minimum atomic E-state index is -0.139. The van der Waals surface area contributed by atoms with Gasteiger partial charge < -0.3 is 19.5 Å². The predicted molar refractivity (Wildman–Crippen MR) is 147 cm³/mol. The van der Waals surface area contributed by atoms with Crippen LogP contribution in [0, 0.1) is 0 Å². The molecule has 1 unspecified atom stereocenters. The fraction of sp³-hybridized carbons (Fsp3) is 0.310. The molecule has 2 aliphatic heterocycles. The molecule has 1 atom stereocenters. The number of carbonyl (C=O) groups is 1. The van der Waals surface area contributed by atoms with E-state index in [2.05, 4.69) is 29.1 Å². The van der Waals surface area contributed by atoms with Crippen molar-refractivity contribution in [1.29, 1.82) is 0 Å². The highest BCUT2D eigenvalue weighted by Crippen LogP contribution is 2.32. The summed E-state index contributed by atoms with van der Waals surface area (Å²) in [6.07, 6.45) is 4.59. The normalized spacial score (nSPS) is 16.9. The summed E-state index contributed by atoms with van der Waals surface area (Å²) >= 11 is 0. The molecule has 0 spiro atoms. The van der Waals surface area contributed by atoms with Crippen LogP contribution in [0.5, 0.6) is 5.75 Å². The number of benzene rings is 2. The average molecular weight is 519 g/mol. The molecule has 2 aromatic heterocycles. The molecule has 1 saturated heterocycles. The molecule has 8 heteroatoms. The van der Waals surface area contributed by atoms with Gasteiger partial charge >= 0.3 is 0 Å². The number of halogens is 1. The predicted octanol–water partition coefficient (Wildman–Crippen LogP) is 3.97. The fourth-order valence-corrected chi connectivity index (χ4v) is 5.50. The van der Waals surface area contributed by atoms with Gasteiger partial charge in [0.25, 0.3) is 5.56 Å². The summed E-state index contributed by atoms with van der Waals surface area (Å²) in [5, 5.41) is 4.52. The molecule has 2 aliphatic rings. The number of fused-ring (bicyclic) bond motifs is 3. The molecule has 0 aliphatic carbocycles. The number of aromatic nitrogens is 2. The molecule has 7 nitrogen and oxygen atoms in total. The zero-order valence-electron chi connectivity index (χ0n) is 20.9. The lowest BCUT2D eigenvalue weighted by Gasteiger charge is -2.30. The number of pyridine rings is 1. The Morgan fingerprint density at radius 2 is 1.95 bits per heavy atom. The molecule has 0 saturated carbocycles. The summed E-state index contributed by atoms with van der Waals surface area (Å²) in [6, 6.07) is 19.4. The Bertz CT molecular complexity index is 1490. The lowest BCUT2D eigenvalue weighted by molar-refractivity contribution is -0.134. The quantitative estimate of drug-likeness (QED) is 0.434. The molecular formula is C29H31ClN4O3. The van der Waals surface area contributed by atoms with Crippen LogP contribution in [-0.2, 0) is 31.4 Å². The van der Waals surface area contributed by atoms with E-state index < -0.39 is 0 Å². The number of carbonyl (C=O) groups excluding carboxylic acids is 1. The molecule has 4 heterocycles. The van der Waals surface area contributed by atoms with E-state index in [1.807, 2.05) is 47.4 Å². The first-order valence-corrected chi connectivity index (χ1v) is 12.6. The second kappa shape index (κ2) is 10.4. The second-order valence-electron chi connectivity index (χ2n) is 9.69. The smallest absolute Gasteiger partial charge is 0.258 e. The molecule has 6 rings (SSSR count). The SMILES string of the molecule is Cl.Cn1c2c(c3ccc(-n4ccc(OCc5ccccc5)cc4=O)cc31)CCN(C(=O)C1CCCN1)C2. The van der Waals surface area contributed by atoms with Crippen molar-refractivity contribution in [3.8, 4) is 11.4 Å². The lowest BCUT2D eigenvalue weighted by atomic mass is 10.0. The Morgan fingerprint density at radius 1 is 1.11 bits per heavy atom. The van der Waals surface area contributed by atoms with E-state index >= 15 is 0 Å². The maximum Gasteiger partial charge on any atom is 0.258 e. The Balaban J connectivity index is 0.00000280. The molecule has 37 heavy (non-hydrogen) atoms. The zero-order valence-corrected chi connectivity index (χ0v) is 21.7. The molecule has 2 aromatic carbocycles. The van der Waals surface area contributed by atoms with E-state index in [9.17, 15) is 9.59 Å². The van der Waals surface area contributed by atoms with Crippen molar-refractivity contribution in [2.24, 2.45) is 7.05 Å². The number of hydrogen-bond donors (Lipinski definition) is 1. The Kier molecular flexibility index (Phi) is 7.09. The summed E-state index contributed by atoms with van der Waals surface area (Å²) < 4.78 is 9.64. The highest BCUT2D eigenvalue weighted by Gasteiger charge is 2.31. The highest BCUT2D eigenvalue weighted by atomic mass is 35.5. The van der Waals surface area contributed by atoms with Crippen LogP contribution in [0.3, 0.4) is 0 Å². The van der Waals surface area contributed by atoms with Crippen molar-refractivity contribution in [3.63, 3.8) is 0 Å². The summed E-state index contributed by atoms with van der Waals surface area (Å²) in [7, 11) is 2.05. The van der Waals surface area contributed by atoms with Gasteiger partial charge in [0.1, 0.15) is 12.4 Å². The molecule has 4 aromatic rings. The standard InChI is InChI=1S/C29H30N4O3.ClH/c1-31-26-16-21(33-15-11-22(17-28(33)34)36-19-20-6-3-2-4-7-20)9-10-23(26)24-12-14-32(18-27(24)31)29(35)25-8-5-13-30-25;/h2-4,6-7,9-11,15-17,25,30H,5,8,12-14,18-19H2,1H3;1H. The molecule has 0 radical (unpaired) electrons. The van der Waals surface area contributed by atoms with Gasteiger partial charge in [-0.3, -0.25) is 14.2 Å². The monoisotopic (exact) mass is 518 g/mol. The molecule has 1 fully saturated rings. The van der Waals surface area contributed by atoms with Gasteiger partial charge in [-0.25, -0.2) is 0 Å². The Labute approximate surface area is 222 Å². The van der Waals surface area contributed by atoms with Crippen molar-refractivity contribution in [2.45, 2.75) is 38.5 Å². The zero-order chi connectivity index (χ0) is 24.6.